The molecule has 5 nitrogen and oxygen atoms in total. The van der Waals surface area contributed by atoms with E-state index in [2.05, 4.69) is 26.2 Å². The zero-order valence-electron chi connectivity index (χ0n) is 10.0. The Hall–Kier alpha value is -1.43. The summed E-state index contributed by atoms with van der Waals surface area (Å²) < 4.78 is 0.676. The summed E-state index contributed by atoms with van der Waals surface area (Å²) in [5.41, 5.74) is 0.340. The number of carboxylic acids is 1. The van der Waals surface area contributed by atoms with Crippen molar-refractivity contribution in [2.75, 3.05) is 0 Å². The Balaban J connectivity index is 2.69. The molecule has 0 bridgehead atoms. The number of nitrogens with zero attached hydrogens (tertiary/aromatic N) is 1. The number of halogens is 1. The molecule has 0 aliphatic rings. The molecule has 1 heterocycles. The monoisotopic (exact) mass is 314 g/mol. The fourth-order valence-corrected chi connectivity index (χ4v) is 1.81. The molecule has 0 unspecified atom stereocenters. The number of amides is 1. The Morgan fingerprint density at radius 3 is 2.78 bits per heavy atom. The lowest BCUT2D eigenvalue weighted by molar-refractivity contribution is -0.139. The summed E-state index contributed by atoms with van der Waals surface area (Å²) in [4.78, 5) is 26.7. The van der Waals surface area contributed by atoms with Crippen LogP contribution in [0.25, 0.3) is 0 Å². The Labute approximate surface area is 114 Å². The van der Waals surface area contributed by atoms with Gasteiger partial charge in [0.25, 0.3) is 5.91 Å². The van der Waals surface area contributed by atoms with Crippen LogP contribution in [0, 0.1) is 0 Å². The van der Waals surface area contributed by atoms with Gasteiger partial charge in [-0.25, -0.2) is 4.79 Å². The van der Waals surface area contributed by atoms with Crippen molar-refractivity contribution in [3.63, 3.8) is 0 Å². The average Bonchev–Trinajstić information content (AvgIpc) is 2.33. The smallest absolute Gasteiger partial charge is 0.326 e. The molecular weight excluding hydrogens is 300 g/mol. The molecular formula is C12H15BrN2O3. The van der Waals surface area contributed by atoms with Gasteiger partial charge in [0.05, 0.1) is 5.56 Å². The highest BCUT2D eigenvalue weighted by molar-refractivity contribution is 9.10. The molecule has 0 radical (unpaired) electrons. The second-order valence-electron chi connectivity index (χ2n) is 3.90. The SMILES string of the molecule is CCCC[C@H](NC(=O)c1cncc(Br)c1)C(=O)O. The quantitative estimate of drug-likeness (QED) is 0.843. The topological polar surface area (TPSA) is 79.3 Å². The number of hydrogen-bond acceptors (Lipinski definition) is 3. The molecule has 1 amide bonds. The summed E-state index contributed by atoms with van der Waals surface area (Å²) in [6, 6.07) is 0.748. The number of hydrogen-bond donors (Lipinski definition) is 2. The molecule has 98 valence electrons. The number of aliphatic carboxylic acids is 1. The number of carbonyl (C=O) groups is 2. The molecule has 0 spiro atoms. The fourth-order valence-electron chi connectivity index (χ4n) is 1.44. The van der Waals surface area contributed by atoms with Crippen LogP contribution in [-0.2, 0) is 4.79 Å². The molecule has 1 aromatic heterocycles. The maximum Gasteiger partial charge on any atom is 0.326 e. The standard InChI is InChI=1S/C12H15BrN2O3/c1-2-3-4-10(12(17)18)15-11(16)8-5-9(13)7-14-6-8/h5-7,10H,2-4H2,1H3,(H,15,16)(H,17,18)/t10-/m0/s1. The van der Waals surface area contributed by atoms with Gasteiger partial charge in [-0.2, -0.15) is 0 Å². The first-order valence-electron chi connectivity index (χ1n) is 5.68. The fraction of sp³-hybridized carbons (Fsp3) is 0.417. The van der Waals surface area contributed by atoms with E-state index in [9.17, 15) is 9.59 Å². The highest BCUT2D eigenvalue weighted by Gasteiger charge is 2.20. The average molecular weight is 315 g/mol. The van der Waals surface area contributed by atoms with Gasteiger partial charge in [-0.1, -0.05) is 19.8 Å². The van der Waals surface area contributed by atoms with E-state index in [1.54, 1.807) is 12.3 Å². The molecule has 18 heavy (non-hydrogen) atoms. The number of nitrogens with one attached hydrogen (secondary N) is 1. The van der Waals surface area contributed by atoms with Crippen LogP contribution in [0.3, 0.4) is 0 Å². The number of carbonyl (C=O) groups excluding carboxylic acids is 1. The van der Waals surface area contributed by atoms with Crippen LogP contribution >= 0.6 is 15.9 Å². The normalized spacial score (nSPS) is 11.9. The van der Waals surface area contributed by atoms with Gasteiger partial charge in [-0.05, 0) is 28.4 Å². The maximum atomic E-state index is 11.8. The van der Waals surface area contributed by atoms with Crippen LogP contribution in [0.2, 0.25) is 0 Å². The summed E-state index contributed by atoms with van der Waals surface area (Å²) in [6.07, 6.45) is 5.03. The third-order valence-corrected chi connectivity index (χ3v) is 2.85. The Kier molecular flexibility index (Phi) is 5.77. The van der Waals surface area contributed by atoms with Crippen LogP contribution in [0.5, 0.6) is 0 Å². The molecule has 0 fully saturated rings. The molecule has 6 heteroatoms. The van der Waals surface area contributed by atoms with E-state index in [4.69, 9.17) is 5.11 Å². The third-order valence-electron chi connectivity index (χ3n) is 2.42. The molecule has 1 atom stereocenters. The lowest BCUT2D eigenvalue weighted by Crippen LogP contribution is -2.40. The minimum atomic E-state index is -1.01. The Morgan fingerprint density at radius 2 is 2.22 bits per heavy atom. The summed E-state index contributed by atoms with van der Waals surface area (Å²) in [5, 5.41) is 11.5. The Bertz CT molecular complexity index is 437. The van der Waals surface area contributed by atoms with Gasteiger partial charge in [-0.15, -0.1) is 0 Å². The van der Waals surface area contributed by atoms with Crippen LogP contribution in [0.4, 0.5) is 0 Å². The summed E-state index contributed by atoms with van der Waals surface area (Å²) >= 11 is 3.21. The van der Waals surface area contributed by atoms with Crippen molar-refractivity contribution in [1.82, 2.24) is 10.3 Å². The molecule has 1 aromatic rings. The van der Waals surface area contributed by atoms with Crippen LogP contribution in [0.1, 0.15) is 36.5 Å². The van der Waals surface area contributed by atoms with Gasteiger partial charge in [-0.3, -0.25) is 9.78 Å². The summed E-state index contributed by atoms with van der Waals surface area (Å²) in [6.45, 7) is 1.97. The minimum Gasteiger partial charge on any atom is -0.480 e. The lowest BCUT2D eigenvalue weighted by atomic mass is 10.1. The highest BCUT2D eigenvalue weighted by atomic mass is 79.9. The van der Waals surface area contributed by atoms with Crippen molar-refractivity contribution >= 4 is 27.8 Å². The summed E-state index contributed by atoms with van der Waals surface area (Å²) in [7, 11) is 0. The van der Waals surface area contributed by atoms with Crippen molar-refractivity contribution in [3.8, 4) is 0 Å². The first-order chi connectivity index (χ1) is 8.54. The van der Waals surface area contributed by atoms with Crippen LogP contribution in [-0.4, -0.2) is 28.0 Å². The third kappa shape index (κ3) is 4.44. The zero-order valence-corrected chi connectivity index (χ0v) is 11.6. The van der Waals surface area contributed by atoms with Gasteiger partial charge >= 0.3 is 5.97 Å². The highest BCUT2D eigenvalue weighted by Crippen LogP contribution is 2.10. The molecule has 0 aliphatic heterocycles. The van der Waals surface area contributed by atoms with Crippen molar-refractivity contribution in [1.29, 1.82) is 0 Å². The van der Waals surface area contributed by atoms with Gasteiger partial charge in [0, 0.05) is 16.9 Å². The van der Waals surface area contributed by atoms with E-state index in [1.165, 1.54) is 6.20 Å². The van der Waals surface area contributed by atoms with E-state index in [-0.39, 0.29) is 0 Å². The van der Waals surface area contributed by atoms with E-state index in [0.29, 0.717) is 16.5 Å². The number of pyridine rings is 1. The van der Waals surface area contributed by atoms with E-state index in [1.807, 2.05) is 6.92 Å². The zero-order chi connectivity index (χ0) is 13.5. The first kappa shape index (κ1) is 14.6. The van der Waals surface area contributed by atoms with Gasteiger partial charge in [0.1, 0.15) is 6.04 Å². The van der Waals surface area contributed by atoms with Crippen LogP contribution in [0.15, 0.2) is 22.9 Å². The van der Waals surface area contributed by atoms with Crippen molar-refractivity contribution in [2.45, 2.75) is 32.2 Å². The molecule has 2 N–H and O–H groups in total. The van der Waals surface area contributed by atoms with Crippen LogP contribution < -0.4 is 5.32 Å². The van der Waals surface area contributed by atoms with E-state index in [0.717, 1.165) is 12.8 Å². The van der Waals surface area contributed by atoms with Gasteiger partial charge in [0.15, 0.2) is 0 Å². The molecule has 0 saturated carbocycles. The minimum absolute atomic E-state index is 0.340. The van der Waals surface area contributed by atoms with Crippen molar-refractivity contribution in [3.05, 3.63) is 28.5 Å². The number of unbranched alkanes of at least 4 members (excludes halogenated alkanes) is 1. The molecule has 0 saturated heterocycles. The van der Waals surface area contributed by atoms with Gasteiger partial charge in [0.2, 0.25) is 0 Å². The largest absolute Gasteiger partial charge is 0.480 e. The van der Waals surface area contributed by atoms with Crippen molar-refractivity contribution < 1.29 is 14.7 Å². The van der Waals surface area contributed by atoms with Crippen molar-refractivity contribution in [2.24, 2.45) is 0 Å². The van der Waals surface area contributed by atoms with E-state index >= 15 is 0 Å². The molecule has 1 rings (SSSR count). The first-order valence-corrected chi connectivity index (χ1v) is 6.48. The lowest BCUT2D eigenvalue weighted by Gasteiger charge is -2.13. The summed E-state index contributed by atoms with van der Waals surface area (Å²) in [5.74, 6) is -1.44. The predicted molar refractivity (Wildman–Crippen MR) is 70.4 cm³/mol. The second-order valence-corrected chi connectivity index (χ2v) is 4.81. The van der Waals surface area contributed by atoms with E-state index < -0.39 is 17.9 Å². The molecule has 0 aromatic carbocycles. The number of carboxylic acid groups (broad SMARTS) is 1. The maximum absolute atomic E-state index is 11.8. The molecule has 0 aliphatic carbocycles. The van der Waals surface area contributed by atoms with Gasteiger partial charge < -0.3 is 10.4 Å². The number of aromatic nitrogens is 1. The number of rotatable bonds is 6. The predicted octanol–water partition coefficient (Wildman–Crippen LogP) is 2.22. The second kappa shape index (κ2) is 7.10. The Morgan fingerprint density at radius 1 is 1.50 bits per heavy atom.